The highest BCUT2D eigenvalue weighted by atomic mass is 32.2. The highest BCUT2D eigenvalue weighted by Gasteiger charge is 2.16. The molecular formula is C12H18N2O4S. The van der Waals surface area contributed by atoms with Crippen molar-refractivity contribution in [1.29, 1.82) is 0 Å². The summed E-state index contributed by atoms with van der Waals surface area (Å²) in [7, 11) is 0. The number of carboxylic acid groups (broad SMARTS) is 1. The second-order valence-corrected chi connectivity index (χ2v) is 5.04. The molecule has 0 spiro atoms. The van der Waals surface area contributed by atoms with Crippen LogP contribution in [0.4, 0.5) is 0 Å². The molecule has 0 amide bonds. The van der Waals surface area contributed by atoms with E-state index in [0.717, 1.165) is 19.3 Å². The summed E-state index contributed by atoms with van der Waals surface area (Å²) in [6.07, 6.45) is 2.73. The molecule has 0 aliphatic rings. The van der Waals surface area contributed by atoms with Crippen molar-refractivity contribution in [3.63, 3.8) is 0 Å². The zero-order valence-corrected chi connectivity index (χ0v) is 11.9. The summed E-state index contributed by atoms with van der Waals surface area (Å²) in [5, 5.41) is 9.53. The third kappa shape index (κ3) is 5.34. The Hall–Kier alpha value is -1.50. The van der Waals surface area contributed by atoms with Crippen molar-refractivity contribution in [1.82, 2.24) is 9.97 Å². The Labute approximate surface area is 115 Å². The Morgan fingerprint density at radius 1 is 1.47 bits per heavy atom. The summed E-state index contributed by atoms with van der Waals surface area (Å²) in [6, 6.07) is 0. The lowest BCUT2D eigenvalue weighted by Crippen LogP contribution is -2.03. The zero-order chi connectivity index (χ0) is 14.3. The van der Waals surface area contributed by atoms with Crippen LogP contribution in [0.3, 0.4) is 0 Å². The van der Waals surface area contributed by atoms with E-state index in [0.29, 0.717) is 16.6 Å². The molecule has 0 fully saturated rings. The quantitative estimate of drug-likeness (QED) is 0.432. The van der Waals surface area contributed by atoms with E-state index in [1.807, 2.05) is 0 Å². The summed E-state index contributed by atoms with van der Waals surface area (Å²) in [5.74, 6) is -0.193. The van der Waals surface area contributed by atoms with Crippen LogP contribution in [0.25, 0.3) is 0 Å². The van der Waals surface area contributed by atoms with Gasteiger partial charge in [0.1, 0.15) is 17.5 Å². The molecule has 1 aromatic heterocycles. The number of carbonyl (C=O) groups excluding carboxylic acids is 1. The summed E-state index contributed by atoms with van der Waals surface area (Å²) >= 11 is 1.27. The molecule has 0 aliphatic heterocycles. The normalized spacial score (nSPS) is 10.4. The number of aryl methyl sites for hydroxylation is 1. The van der Waals surface area contributed by atoms with E-state index in [4.69, 9.17) is 9.84 Å². The number of esters is 1. The van der Waals surface area contributed by atoms with Gasteiger partial charge < -0.3 is 14.8 Å². The van der Waals surface area contributed by atoms with E-state index in [2.05, 4.69) is 16.9 Å². The number of carbonyl (C=O) groups is 2. The number of ether oxygens (including phenoxy) is 1. The average molecular weight is 286 g/mol. The fourth-order valence-electron chi connectivity index (χ4n) is 1.44. The first-order valence-corrected chi connectivity index (χ1v) is 7.11. The number of aromatic carboxylic acids is 1. The first-order chi connectivity index (χ1) is 9.04. The minimum Gasteiger partial charge on any atom is -0.476 e. The van der Waals surface area contributed by atoms with Gasteiger partial charge in [-0.1, -0.05) is 13.3 Å². The van der Waals surface area contributed by atoms with Gasteiger partial charge in [0.2, 0.25) is 0 Å². The molecule has 0 saturated heterocycles. The molecule has 1 heterocycles. The Bertz CT molecular complexity index is 445. The van der Waals surface area contributed by atoms with E-state index in [-0.39, 0.29) is 18.3 Å². The number of aromatic nitrogens is 2. The minimum absolute atomic E-state index is 0.110. The van der Waals surface area contributed by atoms with Gasteiger partial charge in [0.05, 0.1) is 0 Å². The molecule has 0 unspecified atom stereocenters. The molecule has 1 aromatic rings. The third-order valence-corrected chi connectivity index (χ3v) is 3.27. The Kier molecular flexibility index (Phi) is 6.41. The predicted molar refractivity (Wildman–Crippen MR) is 71.5 cm³/mol. The molecule has 106 valence electrons. The number of carboxylic acids is 1. The molecule has 0 saturated carbocycles. The zero-order valence-electron chi connectivity index (χ0n) is 11.1. The van der Waals surface area contributed by atoms with Crippen LogP contribution < -0.4 is 0 Å². The molecule has 19 heavy (non-hydrogen) atoms. The van der Waals surface area contributed by atoms with Crippen molar-refractivity contribution in [2.75, 3.05) is 12.4 Å². The third-order valence-electron chi connectivity index (χ3n) is 2.33. The van der Waals surface area contributed by atoms with Gasteiger partial charge in [0.25, 0.3) is 0 Å². The van der Waals surface area contributed by atoms with Gasteiger partial charge in [-0.2, -0.15) is 0 Å². The van der Waals surface area contributed by atoms with Crippen LogP contribution in [-0.4, -0.2) is 39.4 Å². The first kappa shape index (κ1) is 15.6. The van der Waals surface area contributed by atoms with Crippen LogP contribution in [0, 0.1) is 0 Å². The maximum atomic E-state index is 11.1. The minimum atomic E-state index is -1.02. The highest BCUT2D eigenvalue weighted by molar-refractivity contribution is 7.99. The second kappa shape index (κ2) is 7.83. The van der Waals surface area contributed by atoms with Crippen LogP contribution in [0.5, 0.6) is 0 Å². The number of nitrogens with one attached hydrogen (secondary N) is 1. The lowest BCUT2D eigenvalue weighted by atomic mass is 10.2. The molecule has 0 aliphatic carbocycles. The van der Waals surface area contributed by atoms with Gasteiger partial charge in [0, 0.05) is 19.1 Å². The molecule has 0 radical (unpaired) electrons. The van der Waals surface area contributed by atoms with Crippen molar-refractivity contribution >= 4 is 23.7 Å². The Morgan fingerprint density at radius 2 is 2.21 bits per heavy atom. The molecular weight excluding hydrogens is 268 g/mol. The molecule has 6 nitrogen and oxygen atoms in total. The number of H-pyrrole nitrogens is 1. The topological polar surface area (TPSA) is 92.3 Å². The second-order valence-electron chi connectivity index (χ2n) is 3.96. The van der Waals surface area contributed by atoms with Gasteiger partial charge in [-0.15, -0.1) is 11.8 Å². The van der Waals surface area contributed by atoms with E-state index >= 15 is 0 Å². The average Bonchev–Trinajstić information content (AvgIpc) is 2.75. The van der Waals surface area contributed by atoms with Gasteiger partial charge >= 0.3 is 11.9 Å². The van der Waals surface area contributed by atoms with Gasteiger partial charge in [-0.25, -0.2) is 9.78 Å². The first-order valence-electron chi connectivity index (χ1n) is 6.13. The summed E-state index contributed by atoms with van der Waals surface area (Å²) < 4.78 is 4.79. The summed E-state index contributed by atoms with van der Waals surface area (Å²) in [6.45, 7) is 3.65. The number of rotatable bonds is 8. The van der Waals surface area contributed by atoms with Crippen molar-refractivity contribution in [3.05, 3.63) is 11.5 Å². The number of thioether (sulfide) groups is 1. The van der Waals surface area contributed by atoms with Gasteiger partial charge in [-0.3, -0.25) is 4.79 Å². The number of imidazole rings is 1. The number of aromatic amines is 1. The van der Waals surface area contributed by atoms with Crippen molar-refractivity contribution in [2.24, 2.45) is 0 Å². The molecule has 0 bridgehead atoms. The lowest BCUT2D eigenvalue weighted by molar-refractivity contribution is -0.140. The van der Waals surface area contributed by atoms with Crippen LogP contribution in [0.15, 0.2) is 5.03 Å². The number of nitrogens with zero attached hydrogens (tertiary/aromatic N) is 1. The number of hydrogen-bond donors (Lipinski definition) is 2. The van der Waals surface area contributed by atoms with Crippen LogP contribution in [-0.2, 0) is 16.0 Å². The highest BCUT2D eigenvalue weighted by Crippen LogP contribution is 2.21. The maximum absolute atomic E-state index is 11.1. The van der Waals surface area contributed by atoms with E-state index < -0.39 is 5.97 Å². The van der Waals surface area contributed by atoms with E-state index in [9.17, 15) is 9.59 Å². The molecule has 0 atom stereocenters. The molecule has 2 N–H and O–H groups in total. The molecule has 0 aromatic carbocycles. The number of hydrogen-bond acceptors (Lipinski definition) is 5. The lowest BCUT2D eigenvalue weighted by Gasteiger charge is -2.00. The largest absolute Gasteiger partial charge is 0.476 e. The van der Waals surface area contributed by atoms with Crippen molar-refractivity contribution in [3.8, 4) is 0 Å². The van der Waals surface area contributed by atoms with Crippen LogP contribution >= 0.6 is 11.8 Å². The Morgan fingerprint density at radius 3 is 2.79 bits per heavy atom. The fourth-order valence-corrected chi connectivity index (χ4v) is 2.26. The predicted octanol–water partition coefficient (Wildman–Crippen LogP) is 2.11. The molecule has 1 rings (SSSR count). The molecule has 7 heteroatoms. The van der Waals surface area contributed by atoms with E-state index in [1.54, 1.807) is 0 Å². The SMILES string of the molecule is CCCCc1nc(SCCOC(C)=O)c(C(=O)O)[nH]1. The van der Waals surface area contributed by atoms with Gasteiger partial charge in [0.15, 0.2) is 5.69 Å². The maximum Gasteiger partial charge on any atom is 0.355 e. The van der Waals surface area contributed by atoms with Crippen LogP contribution in [0.1, 0.15) is 43.0 Å². The van der Waals surface area contributed by atoms with Crippen molar-refractivity contribution in [2.45, 2.75) is 38.1 Å². The van der Waals surface area contributed by atoms with Crippen molar-refractivity contribution < 1.29 is 19.4 Å². The van der Waals surface area contributed by atoms with E-state index in [1.165, 1.54) is 18.7 Å². The summed E-state index contributed by atoms with van der Waals surface area (Å²) in [4.78, 5) is 28.8. The fraction of sp³-hybridized carbons (Fsp3) is 0.583. The van der Waals surface area contributed by atoms with Crippen LogP contribution in [0.2, 0.25) is 0 Å². The Balaban J connectivity index is 2.61. The summed E-state index contributed by atoms with van der Waals surface area (Å²) in [5.41, 5.74) is 0.110. The standard InChI is InChI=1S/C12H18N2O4S/c1-3-4-5-9-13-10(12(16)17)11(14-9)19-7-6-18-8(2)15/h3-7H2,1-2H3,(H,13,14)(H,16,17). The monoisotopic (exact) mass is 286 g/mol. The van der Waals surface area contributed by atoms with Gasteiger partial charge in [-0.05, 0) is 6.42 Å². The smallest absolute Gasteiger partial charge is 0.355 e. The number of unbranched alkanes of at least 4 members (excludes halogenated alkanes) is 1.